The van der Waals surface area contributed by atoms with Gasteiger partial charge in [0.15, 0.2) is 0 Å². The summed E-state index contributed by atoms with van der Waals surface area (Å²) in [5.41, 5.74) is 0.282. The van der Waals surface area contributed by atoms with Crippen molar-refractivity contribution in [3.8, 4) is 5.75 Å². The average Bonchev–Trinajstić information content (AvgIpc) is 3.15. The van der Waals surface area contributed by atoms with Gasteiger partial charge in [0.2, 0.25) is 5.91 Å². The predicted molar refractivity (Wildman–Crippen MR) is 86.3 cm³/mol. The second-order valence-corrected chi connectivity index (χ2v) is 5.54. The molecule has 0 radical (unpaired) electrons. The molecule has 0 saturated carbocycles. The van der Waals surface area contributed by atoms with E-state index in [9.17, 15) is 19.7 Å². The molecule has 1 aliphatic rings. The van der Waals surface area contributed by atoms with Crippen molar-refractivity contribution in [2.24, 2.45) is 0 Å². The van der Waals surface area contributed by atoms with Crippen molar-refractivity contribution in [1.82, 2.24) is 5.32 Å². The van der Waals surface area contributed by atoms with Gasteiger partial charge in [-0.1, -0.05) is 0 Å². The zero-order valence-electron chi connectivity index (χ0n) is 14.0. The molecule has 2 rings (SSSR count). The second-order valence-electron chi connectivity index (χ2n) is 5.54. The molecule has 2 atom stereocenters. The molecule has 0 unspecified atom stereocenters. The number of amides is 1. The molecular weight excluding hydrogens is 332 g/mol. The minimum atomic E-state index is -1.00. The lowest BCUT2D eigenvalue weighted by molar-refractivity contribution is -0.384. The van der Waals surface area contributed by atoms with E-state index in [1.165, 1.54) is 32.4 Å². The number of carbonyl (C=O) groups is 2. The highest BCUT2D eigenvalue weighted by molar-refractivity contribution is 5.87. The molecule has 1 aromatic rings. The second kappa shape index (κ2) is 8.43. The topological polar surface area (TPSA) is 117 Å². The van der Waals surface area contributed by atoms with Crippen LogP contribution >= 0.6 is 0 Å². The lowest BCUT2D eigenvalue weighted by Gasteiger charge is -2.19. The Labute approximate surface area is 144 Å². The van der Waals surface area contributed by atoms with E-state index in [0.717, 1.165) is 6.42 Å². The van der Waals surface area contributed by atoms with Gasteiger partial charge in [-0.25, -0.2) is 4.79 Å². The van der Waals surface area contributed by atoms with E-state index in [1.807, 2.05) is 0 Å². The van der Waals surface area contributed by atoms with Crippen LogP contribution in [0.25, 0.3) is 0 Å². The fourth-order valence-corrected chi connectivity index (χ4v) is 2.64. The first-order valence-electron chi connectivity index (χ1n) is 7.77. The summed E-state index contributed by atoms with van der Waals surface area (Å²) in [6, 6.07) is 3.06. The number of nitrogens with zero attached hydrogens (tertiary/aromatic N) is 1. The number of ether oxygens (including phenoxy) is 3. The normalized spacial score (nSPS) is 17.6. The summed E-state index contributed by atoms with van der Waals surface area (Å²) >= 11 is 0. The number of rotatable bonds is 7. The van der Waals surface area contributed by atoms with E-state index in [4.69, 9.17) is 14.2 Å². The van der Waals surface area contributed by atoms with E-state index >= 15 is 0 Å². The highest BCUT2D eigenvalue weighted by Gasteiger charge is 2.30. The molecule has 1 heterocycles. The fraction of sp³-hybridized carbons (Fsp3) is 0.500. The van der Waals surface area contributed by atoms with Gasteiger partial charge in [-0.15, -0.1) is 0 Å². The summed E-state index contributed by atoms with van der Waals surface area (Å²) in [6.07, 6.45) is 0.759. The van der Waals surface area contributed by atoms with Gasteiger partial charge in [0, 0.05) is 30.7 Å². The van der Waals surface area contributed by atoms with Gasteiger partial charge in [-0.05, 0) is 18.9 Å². The largest absolute Gasteiger partial charge is 0.496 e. The van der Waals surface area contributed by atoms with Crippen molar-refractivity contribution in [1.29, 1.82) is 0 Å². The minimum absolute atomic E-state index is 0.00398. The van der Waals surface area contributed by atoms with Crippen LogP contribution in [0, 0.1) is 10.1 Å². The van der Waals surface area contributed by atoms with Crippen LogP contribution in [0.1, 0.15) is 18.4 Å². The summed E-state index contributed by atoms with van der Waals surface area (Å²) in [5.74, 6) is -0.678. The molecule has 1 aromatic carbocycles. The van der Waals surface area contributed by atoms with Crippen molar-refractivity contribution in [3.05, 3.63) is 33.9 Å². The molecule has 0 bridgehead atoms. The Balaban J connectivity index is 2.21. The Morgan fingerprint density at radius 2 is 2.20 bits per heavy atom. The van der Waals surface area contributed by atoms with Gasteiger partial charge in [0.05, 0.1) is 19.1 Å². The Bertz CT molecular complexity index is 656. The highest BCUT2D eigenvalue weighted by atomic mass is 16.6. The summed E-state index contributed by atoms with van der Waals surface area (Å²) < 4.78 is 15.2. The van der Waals surface area contributed by atoms with Crippen molar-refractivity contribution in [2.75, 3.05) is 20.8 Å². The maximum Gasteiger partial charge on any atom is 0.328 e. The number of hydrogen-bond acceptors (Lipinski definition) is 7. The van der Waals surface area contributed by atoms with Crippen LogP contribution in [0.4, 0.5) is 5.69 Å². The number of benzene rings is 1. The fourth-order valence-electron chi connectivity index (χ4n) is 2.64. The number of esters is 1. The maximum absolute atomic E-state index is 12.2. The molecule has 1 saturated heterocycles. The highest BCUT2D eigenvalue weighted by Crippen LogP contribution is 2.25. The SMILES string of the molecule is COC(=O)[C@H](Cc1cc([N+](=O)[O-])ccc1OC)NC(=O)[C@H]1CCCO1. The first-order valence-corrected chi connectivity index (χ1v) is 7.77. The van der Waals surface area contributed by atoms with E-state index in [2.05, 4.69) is 5.32 Å². The molecule has 0 spiro atoms. The van der Waals surface area contributed by atoms with Crippen molar-refractivity contribution >= 4 is 17.6 Å². The Hall–Kier alpha value is -2.68. The molecule has 0 aliphatic carbocycles. The van der Waals surface area contributed by atoms with E-state index < -0.39 is 28.9 Å². The smallest absolute Gasteiger partial charge is 0.328 e. The van der Waals surface area contributed by atoms with Gasteiger partial charge in [-0.2, -0.15) is 0 Å². The Morgan fingerprint density at radius 3 is 2.76 bits per heavy atom. The Kier molecular flexibility index (Phi) is 6.29. The minimum Gasteiger partial charge on any atom is -0.496 e. The first-order chi connectivity index (χ1) is 12.0. The van der Waals surface area contributed by atoms with Crippen LogP contribution < -0.4 is 10.1 Å². The zero-order valence-corrected chi connectivity index (χ0v) is 14.0. The quantitative estimate of drug-likeness (QED) is 0.441. The van der Waals surface area contributed by atoms with Gasteiger partial charge in [0.25, 0.3) is 5.69 Å². The predicted octanol–water partition coefficient (Wildman–Crippen LogP) is 0.983. The molecule has 1 N–H and O–H groups in total. The summed E-state index contributed by atoms with van der Waals surface area (Å²) in [4.78, 5) is 34.7. The lowest BCUT2D eigenvalue weighted by atomic mass is 10.0. The molecule has 136 valence electrons. The molecule has 1 aliphatic heterocycles. The standard InChI is InChI=1S/C16H20N2O7/c1-23-13-6-5-11(18(21)22)8-10(13)9-12(16(20)24-2)17-15(19)14-4-3-7-25-14/h5-6,8,12,14H,3-4,7,9H2,1-2H3,(H,17,19)/t12-,14+/m0/s1. The number of nitro benzene ring substituents is 1. The number of methoxy groups -OCH3 is 2. The van der Waals surface area contributed by atoms with Crippen LogP contribution in [0.15, 0.2) is 18.2 Å². The van der Waals surface area contributed by atoms with Crippen LogP contribution in [0.3, 0.4) is 0 Å². The van der Waals surface area contributed by atoms with E-state index in [1.54, 1.807) is 0 Å². The molecule has 1 amide bonds. The third-order valence-corrected chi connectivity index (χ3v) is 3.92. The van der Waals surface area contributed by atoms with Crippen molar-refractivity contribution in [3.63, 3.8) is 0 Å². The number of nitro groups is 1. The molecule has 0 aromatic heterocycles. The summed E-state index contributed by atoms with van der Waals surface area (Å²) in [7, 11) is 2.63. The van der Waals surface area contributed by atoms with Crippen LogP contribution in [0.5, 0.6) is 5.75 Å². The number of hydrogen-bond donors (Lipinski definition) is 1. The van der Waals surface area contributed by atoms with Crippen molar-refractivity contribution < 1.29 is 28.7 Å². The molecule has 25 heavy (non-hydrogen) atoms. The third kappa shape index (κ3) is 4.66. The average molecular weight is 352 g/mol. The van der Waals surface area contributed by atoms with Crippen LogP contribution in [0.2, 0.25) is 0 Å². The lowest BCUT2D eigenvalue weighted by Crippen LogP contribution is -2.47. The van der Waals surface area contributed by atoms with Gasteiger partial charge in [-0.3, -0.25) is 14.9 Å². The van der Waals surface area contributed by atoms with Crippen LogP contribution in [-0.4, -0.2) is 49.8 Å². The summed E-state index contributed by atoms with van der Waals surface area (Å²) in [5, 5.41) is 13.6. The molecule has 9 heteroatoms. The van der Waals surface area contributed by atoms with Crippen molar-refractivity contribution in [2.45, 2.75) is 31.4 Å². The van der Waals surface area contributed by atoms with Gasteiger partial charge < -0.3 is 19.5 Å². The van der Waals surface area contributed by atoms with Crippen LogP contribution in [-0.2, 0) is 25.5 Å². The molecule has 1 fully saturated rings. The zero-order chi connectivity index (χ0) is 18.4. The molecule has 9 nitrogen and oxygen atoms in total. The number of carbonyl (C=O) groups excluding carboxylic acids is 2. The number of nitrogens with one attached hydrogen (secondary N) is 1. The number of non-ortho nitro benzene ring substituents is 1. The third-order valence-electron chi connectivity index (χ3n) is 3.92. The van der Waals surface area contributed by atoms with E-state index in [0.29, 0.717) is 24.3 Å². The first kappa shape index (κ1) is 18.7. The summed E-state index contributed by atoms with van der Waals surface area (Å²) in [6.45, 7) is 0.500. The monoisotopic (exact) mass is 352 g/mol. The maximum atomic E-state index is 12.2. The van der Waals surface area contributed by atoms with Gasteiger partial charge >= 0.3 is 5.97 Å². The van der Waals surface area contributed by atoms with E-state index in [-0.39, 0.29) is 12.1 Å². The Morgan fingerprint density at radius 1 is 1.44 bits per heavy atom. The molecular formula is C16H20N2O7. The van der Waals surface area contributed by atoms with Gasteiger partial charge in [0.1, 0.15) is 17.9 Å².